The molecule has 0 unspecified atom stereocenters. The van der Waals surface area contributed by atoms with Gasteiger partial charge in [-0.05, 0) is 6.92 Å². The first-order chi connectivity index (χ1) is 5.84. The molecule has 12 heavy (non-hydrogen) atoms. The molecule has 0 aromatic heterocycles. The van der Waals surface area contributed by atoms with E-state index in [9.17, 15) is 4.79 Å². The highest BCUT2D eigenvalue weighted by molar-refractivity contribution is 5.92. The quantitative estimate of drug-likeness (QED) is 0.573. The maximum atomic E-state index is 11.1. The maximum absolute atomic E-state index is 11.1. The van der Waals surface area contributed by atoms with E-state index < -0.39 is 5.97 Å². The minimum absolute atomic E-state index is 0.255. The van der Waals surface area contributed by atoms with E-state index in [2.05, 4.69) is 9.98 Å². The van der Waals surface area contributed by atoms with Gasteiger partial charge < -0.3 is 4.74 Å². The molecule has 0 amide bonds. The van der Waals surface area contributed by atoms with Gasteiger partial charge in [-0.1, -0.05) is 0 Å². The first kappa shape index (κ1) is 8.64. The average Bonchev–Trinajstić information content (AvgIpc) is 2.32. The van der Waals surface area contributed by atoms with Gasteiger partial charge in [-0.15, -0.1) is 0 Å². The van der Waals surface area contributed by atoms with Crippen LogP contribution in [0, 0.1) is 0 Å². The zero-order valence-electron chi connectivity index (χ0n) is 6.86. The van der Waals surface area contributed by atoms with Gasteiger partial charge in [-0.3, -0.25) is 9.98 Å². The predicted octanol–water partition coefficient (Wildman–Crippen LogP) is 0.936. The van der Waals surface area contributed by atoms with E-state index >= 15 is 0 Å². The Morgan fingerprint density at radius 2 is 2.50 bits per heavy atom. The Balaban J connectivity index is 2.66. The van der Waals surface area contributed by atoms with E-state index in [0.29, 0.717) is 13.0 Å². The van der Waals surface area contributed by atoms with Crippen LogP contribution in [0.2, 0.25) is 0 Å². The van der Waals surface area contributed by atoms with Crippen molar-refractivity contribution in [1.29, 1.82) is 0 Å². The number of carbonyl (C=O) groups excluding carboxylic acids is 1. The zero-order chi connectivity index (χ0) is 8.81. The van der Waals surface area contributed by atoms with E-state index in [-0.39, 0.29) is 5.70 Å². The summed E-state index contributed by atoms with van der Waals surface area (Å²) < 4.78 is 4.74. The second kappa shape index (κ2) is 4.43. The number of hydrogen-bond acceptors (Lipinski definition) is 4. The standard InChI is InChI=1S/C8H10N2O2/c1-2-12-8(11)7-6-9-4-3-5-10-7/h4-6H,2-3H2,1H3. The van der Waals surface area contributed by atoms with Crippen molar-refractivity contribution < 1.29 is 9.53 Å². The van der Waals surface area contributed by atoms with Crippen LogP contribution in [0.4, 0.5) is 0 Å². The molecule has 0 fully saturated rings. The smallest absolute Gasteiger partial charge is 0.358 e. The molecule has 0 N–H and O–H groups in total. The molecule has 0 aromatic carbocycles. The summed E-state index contributed by atoms with van der Waals surface area (Å²) in [7, 11) is 0. The third-order valence-electron chi connectivity index (χ3n) is 1.23. The van der Waals surface area contributed by atoms with Crippen molar-refractivity contribution in [3.05, 3.63) is 11.9 Å². The van der Waals surface area contributed by atoms with Crippen LogP contribution in [-0.2, 0) is 9.53 Å². The molecule has 1 rings (SSSR count). The summed E-state index contributed by atoms with van der Waals surface area (Å²) in [5.74, 6) is -0.423. The Morgan fingerprint density at radius 3 is 3.25 bits per heavy atom. The van der Waals surface area contributed by atoms with Crippen molar-refractivity contribution in [3.8, 4) is 0 Å². The lowest BCUT2D eigenvalue weighted by Crippen LogP contribution is -2.05. The number of aliphatic imine (C=N–C) groups is 2. The Kier molecular flexibility index (Phi) is 3.19. The molecule has 0 atom stereocenters. The minimum Gasteiger partial charge on any atom is -0.461 e. The predicted molar refractivity (Wildman–Crippen MR) is 46.3 cm³/mol. The fraction of sp³-hybridized carbons (Fsp3) is 0.375. The van der Waals surface area contributed by atoms with Crippen LogP contribution in [0.3, 0.4) is 0 Å². The van der Waals surface area contributed by atoms with E-state index in [1.54, 1.807) is 19.4 Å². The van der Waals surface area contributed by atoms with Gasteiger partial charge in [0.15, 0.2) is 5.70 Å². The third kappa shape index (κ3) is 2.30. The molecule has 0 aromatic rings. The summed E-state index contributed by atoms with van der Waals surface area (Å²) in [5, 5.41) is 0. The molecule has 0 spiro atoms. The van der Waals surface area contributed by atoms with E-state index in [1.807, 2.05) is 0 Å². The van der Waals surface area contributed by atoms with Crippen LogP contribution < -0.4 is 0 Å². The fourth-order valence-corrected chi connectivity index (χ4v) is 0.726. The molecule has 0 radical (unpaired) electrons. The van der Waals surface area contributed by atoms with E-state index in [0.717, 1.165) is 0 Å². The summed E-state index contributed by atoms with van der Waals surface area (Å²) in [6.07, 6.45) is 5.36. The largest absolute Gasteiger partial charge is 0.461 e. The Hall–Kier alpha value is -1.45. The first-order valence-electron chi connectivity index (χ1n) is 3.76. The summed E-state index contributed by atoms with van der Waals surface area (Å²) in [4.78, 5) is 18.8. The summed E-state index contributed by atoms with van der Waals surface area (Å²) in [5.41, 5.74) is 0.255. The molecular formula is C8H10N2O2. The molecule has 1 heterocycles. The second-order valence-corrected chi connectivity index (χ2v) is 2.11. The summed E-state index contributed by atoms with van der Waals surface area (Å²) in [6.45, 7) is 2.11. The molecular weight excluding hydrogens is 156 g/mol. The van der Waals surface area contributed by atoms with Crippen LogP contribution in [0.15, 0.2) is 21.9 Å². The van der Waals surface area contributed by atoms with Crippen molar-refractivity contribution in [1.82, 2.24) is 0 Å². The molecule has 4 nitrogen and oxygen atoms in total. The zero-order valence-corrected chi connectivity index (χ0v) is 6.86. The van der Waals surface area contributed by atoms with Gasteiger partial charge in [0.2, 0.25) is 0 Å². The van der Waals surface area contributed by atoms with Crippen molar-refractivity contribution in [2.45, 2.75) is 13.3 Å². The van der Waals surface area contributed by atoms with Gasteiger partial charge in [0.1, 0.15) is 0 Å². The Morgan fingerprint density at radius 1 is 1.67 bits per heavy atom. The minimum atomic E-state index is -0.423. The van der Waals surface area contributed by atoms with Crippen LogP contribution >= 0.6 is 0 Å². The topological polar surface area (TPSA) is 51.0 Å². The van der Waals surface area contributed by atoms with E-state index in [1.165, 1.54) is 6.20 Å². The molecule has 0 bridgehead atoms. The van der Waals surface area contributed by atoms with Crippen molar-refractivity contribution >= 4 is 18.4 Å². The van der Waals surface area contributed by atoms with Gasteiger partial charge in [0, 0.05) is 18.9 Å². The maximum Gasteiger partial charge on any atom is 0.358 e. The van der Waals surface area contributed by atoms with E-state index in [4.69, 9.17) is 4.74 Å². The highest BCUT2D eigenvalue weighted by atomic mass is 16.5. The number of hydrogen-bond donors (Lipinski definition) is 0. The lowest BCUT2D eigenvalue weighted by Gasteiger charge is -1.98. The van der Waals surface area contributed by atoms with Crippen LogP contribution in [0.25, 0.3) is 0 Å². The number of nitrogens with zero attached hydrogens (tertiary/aromatic N) is 2. The van der Waals surface area contributed by atoms with Crippen molar-refractivity contribution in [3.63, 3.8) is 0 Å². The van der Waals surface area contributed by atoms with Crippen LogP contribution in [0.5, 0.6) is 0 Å². The Bertz CT molecular complexity index is 254. The van der Waals surface area contributed by atoms with Crippen LogP contribution in [0.1, 0.15) is 13.3 Å². The molecule has 4 heteroatoms. The SMILES string of the molecule is CCOC(=O)C1=CN=CCC=N1. The number of rotatable bonds is 2. The molecule has 0 saturated heterocycles. The molecule has 0 aliphatic carbocycles. The molecule has 1 aliphatic rings. The van der Waals surface area contributed by atoms with Gasteiger partial charge >= 0.3 is 5.97 Å². The van der Waals surface area contributed by atoms with Crippen molar-refractivity contribution in [2.75, 3.05) is 6.61 Å². The van der Waals surface area contributed by atoms with Gasteiger partial charge in [-0.2, -0.15) is 0 Å². The first-order valence-corrected chi connectivity index (χ1v) is 3.76. The fourth-order valence-electron chi connectivity index (χ4n) is 0.726. The monoisotopic (exact) mass is 166 g/mol. The Labute approximate surface area is 70.7 Å². The molecule has 1 aliphatic heterocycles. The lowest BCUT2D eigenvalue weighted by atomic mass is 10.5. The lowest BCUT2D eigenvalue weighted by molar-refractivity contribution is -0.138. The summed E-state index contributed by atoms with van der Waals surface area (Å²) >= 11 is 0. The molecule has 64 valence electrons. The van der Waals surface area contributed by atoms with Gasteiger partial charge in [-0.25, -0.2) is 4.79 Å². The average molecular weight is 166 g/mol. The number of esters is 1. The van der Waals surface area contributed by atoms with Gasteiger partial charge in [0.05, 0.1) is 12.8 Å². The van der Waals surface area contributed by atoms with Crippen LogP contribution in [-0.4, -0.2) is 25.0 Å². The number of ether oxygens (including phenoxy) is 1. The third-order valence-corrected chi connectivity index (χ3v) is 1.23. The summed E-state index contributed by atoms with van der Waals surface area (Å²) in [6, 6.07) is 0. The van der Waals surface area contributed by atoms with Gasteiger partial charge in [0.25, 0.3) is 0 Å². The number of carbonyl (C=O) groups is 1. The highest BCUT2D eigenvalue weighted by Gasteiger charge is 2.08. The van der Waals surface area contributed by atoms with Crippen molar-refractivity contribution in [2.24, 2.45) is 9.98 Å². The second-order valence-electron chi connectivity index (χ2n) is 2.11. The molecule has 0 saturated carbocycles. The highest BCUT2D eigenvalue weighted by Crippen LogP contribution is 2.02. The normalized spacial score (nSPS) is 15.2.